The van der Waals surface area contributed by atoms with Crippen LogP contribution in [-0.2, 0) is 0 Å². The summed E-state index contributed by atoms with van der Waals surface area (Å²) in [5.74, 6) is -0.906. The minimum Gasteiger partial charge on any atom is -0.494 e. The Kier molecular flexibility index (Phi) is 4.53. The van der Waals surface area contributed by atoms with Gasteiger partial charge in [0.25, 0.3) is 0 Å². The van der Waals surface area contributed by atoms with Crippen LogP contribution in [0.4, 0.5) is 8.78 Å². The monoisotopic (exact) mass is 326 g/mol. The van der Waals surface area contributed by atoms with Crippen LogP contribution in [0.5, 0.6) is 5.75 Å². The molecule has 0 aliphatic heterocycles. The molecule has 2 aromatic rings. The topological polar surface area (TPSA) is 9.23 Å². The largest absolute Gasteiger partial charge is 0.494 e. The normalized spacial score (nSPS) is 12.2. The smallest absolute Gasteiger partial charge is 0.163 e. The van der Waals surface area contributed by atoms with Crippen LogP contribution in [-0.4, -0.2) is 6.61 Å². The third kappa shape index (κ3) is 3.13. The summed E-state index contributed by atoms with van der Waals surface area (Å²) in [6.07, 6.45) is 0. The number of rotatable bonds is 4. The van der Waals surface area contributed by atoms with E-state index in [4.69, 9.17) is 4.74 Å². The third-order valence-corrected chi connectivity index (χ3v) is 3.76. The molecule has 0 fully saturated rings. The maximum atomic E-state index is 13.7. The third-order valence-electron chi connectivity index (χ3n) is 2.74. The summed E-state index contributed by atoms with van der Waals surface area (Å²) in [4.78, 5) is -0.390. The van der Waals surface area contributed by atoms with Crippen molar-refractivity contribution in [2.75, 3.05) is 6.61 Å². The van der Waals surface area contributed by atoms with Crippen molar-refractivity contribution in [2.45, 2.75) is 11.8 Å². The van der Waals surface area contributed by atoms with Crippen LogP contribution in [0.1, 0.15) is 22.9 Å². The summed E-state index contributed by atoms with van der Waals surface area (Å²) >= 11 is 3.40. The Morgan fingerprint density at radius 2 is 1.79 bits per heavy atom. The molecule has 0 saturated heterocycles. The predicted molar refractivity (Wildman–Crippen MR) is 74.7 cm³/mol. The minimum absolute atomic E-state index is 0.282. The fourth-order valence-electron chi connectivity index (χ4n) is 1.80. The van der Waals surface area contributed by atoms with E-state index < -0.39 is 11.6 Å². The van der Waals surface area contributed by atoms with E-state index in [2.05, 4.69) is 15.9 Å². The Morgan fingerprint density at radius 1 is 1.11 bits per heavy atom. The van der Waals surface area contributed by atoms with Crippen molar-refractivity contribution in [3.05, 3.63) is 65.2 Å². The van der Waals surface area contributed by atoms with E-state index in [0.29, 0.717) is 6.61 Å². The molecule has 0 N–H and O–H groups in total. The lowest BCUT2D eigenvalue weighted by molar-refractivity contribution is 0.340. The summed E-state index contributed by atoms with van der Waals surface area (Å²) in [5.41, 5.74) is 1.12. The molecule has 0 bridgehead atoms. The van der Waals surface area contributed by atoms with E-state index >= 15 is 0 Å². The Hall–Kier alpha value is -1.42. The molecular formula is C15H13BrF2O. The lowest BCUT2D eigenvalue weighted by atomic mass is 10.0. The van der Waals surface area contributed by atoms with Crippen LogP contribution < -0.4 is 4.74 Å². The zero-order valence-electron chi connectivity index (χ0n) is 10.4. The van der Waals surface area contributed by atoms with Crippen LogP contribution in [0.25, 0.3) is 0 Å². The van der Waals surface area contributed by atoms with Gasteiger partial charge in [-0.3, -0.25) is 0 Å². The van der Waals surface area contributed by atoms with Gasteiger partial charge in [0.2, 0.25) is 0 Å². The molecule has 0 aromatic heterocycles. The first-order valence-electron chi connectivity index (χ1n) is 5.94. The highest BCUT2D eigenvalue weighted by Gasteiger charge is 2.17. The van der Waals surface area contributed by atoms with Gasteiger partial charge in [-0.1, -0.05) is 40.2 Å². The molecule has 0 radical (unpaired) electrons. The first kappa shape index (κ1) is 14.0. The van der Waals surface area contributed by atoms with Crippen molar-refractivity contribution in [1.82, 2.24) is 0 Å². The Balaban J connectivity index is 2.28. The maximum Gasteiger partial charge on any atom is 0.163 e. The van der Waals surface area contributed by atoms with Gasteiger partial charge in [-0.15, -0.1) is 0 Å². The average molecular weight is 327 g/mol. The summed E-state index contributed by atoms with van der Waals surface area (Å²) in [5, 5.41) is 0. The standard InChI is InChI=1S/C15H13BrF2O/c1-2-19-11-8-6-10(7-9-11)14(16)12-4-3-5-13(17)15(12)18/h3-9,14H,2H2,1H3. The van der Waals surface area contributed by atoms with E-state index in [9.17, 15) is 8.78 Å². The molecule has 4 heteroatoms. The molecule has 2 rings (SSSR count). The molecule has 0 heterocycles. The van der Waals surface area contributed by atoms with Gasteiger partial charge in [0, 0.05) is 5.56 Å². The molecule has 0 amide bonds. The van der Waals surface area contributed by atoms with Crippen molar-refractivity contribution in [2.24, 2.45) is 0 Å². The molecule has 19 heavy (non-hydrogen) atoms. The van der Waals surface area contributed by atoms with Crippen molar-refractivity contribution in [1.29, 1.82) is 0 Å². The van der Waals surface area contributed by atoms with Crippen molar-refractivity contribution in [3.63, 3.8) is 0 Å². The molecule has 1 nitrogen and oxygen atoms in total. The summed E-state index contributed by atoms with van der Waals surface area (Å²) < 4.78 is 32.3. The van der Waals surface area contributed by atoms with Gasteiger partial charge in [-0.25, -0.2) is 8.78 Å². The summed E-state index contributed by atoms with van der Waals surface area (Å²) in [7, 11) is 0. The van der Waals surface area contributed by atoms with Crippen molar-refractivity contribution < 1.29 is 13.5 Å². The zero-order valence-corrected chi connectivity index (χ0v) is 12.0. The molecule has 0 aliphatic rings. The maximum absolute atomic E-state index is 13.7. The Labute approximate surface area is 119 Å². The van der Waals surface area contributed by atoms with E-state index in [1.165, 1.54) is 6.07 Å². The summed E-state index contributed by atoms with van der Waals surface area (Å²) in [6.45, 7) is 2.50. The van der Waals surface area contributed by atoms with Gasteiger partial charge < -0.3 is 4.74 Å². The predicted octanol–water partition coefficient (Wildman–Crippen LogP) is 4.85. The fourth-order valence-corrected chi connectivity index (χ4v) is 2.45. The number of alkyl halides is 1. The number of hydrogen-bond donors (Lipinski definition) is 0. The van der Waals surface area contributed by atoms with Gasteiger partial charge in [0.05, 0.1) is 11.4 Å². The SMILES string of the molecule is CCOc1ccc(C(Br)c2cccc(F)c2F)cc1. The van der Waals surface area contributed by atoms with Crippen LogP contribution in [0, 0.1) is 11.6 Å². The minimum atomic E-state index is -0.840. The Morgan fingerprint density at radius 3 is 2.42 bits per heavy atom. The van der Waals surface area contributed by atoms with Crippen molar-refractivity contribution in [3.8, 4) is 5.75 Å². The Bertz CT molecular complexity index is 555. The molecule has 2 aromatic carbocycles. The van der Waals surface area contributed by atoms with E-state index in [1.807, 2.05) is 31.2 Å². The van der Waals surface area contributed by atoms with Gasteiger partial charge >= 0.3 is 0 Å². The number of ether oxygens (including phenoxy) is 1. The molecular weight excluding hydrogens is 314 g/mol. The van der Waals surface area contributed by atoms with E-state index in [1.54, 1.807) is 6.07 Å². The molecule has 100 valence electrons. The first-order chi connectivity index (χ1) is 9.13. The molecule has 1 unspecified atom stereocenters. The van der Waals surface area contributed by atoms with Crippen LogP contribution >= 0.6 is 15.9 Å². The number of halogens is 3. The van der Waals surface area contributed by atoms with Crippen molar-refractivity contribution >= 4 is 15.9 Å². The lowest BCUT2D eigenvalue weighted by Gasteiger charge is -2.13. The highest BCUT2D eigenvalue weighted by atomic mass is 79.9. The number of hydrogen-bond acceptors (Lipinski definition) is 1. The molecule has 0 aliphatic carbocycles. The zero-order chi connectivity index (χ0) is 13.8. The highest BCUT2D eigenvalue weighted by Crippen LogP contribution is 2.33. The van der Waals surface area contributed by atoms with Gasteiger partial charge in [-0.2, -0.15) is 0 Å². The first-order valence-corrected chi connectivity index (χ1v) is 6.85. The molecule has 0 saturated carbocycles. The second kappa shape index (κ2) is 6.15. The van der Waals surface area contributed by atoms with Gasteiger partial charge in [0.15, 0.2) is 11.6 Å². The summed E-state index contributed by atoms with van der Waals surface area (Å²) in [6, 6.07) is 11.4. The van der Waals surface area contributed by atoms with Gasteiger partial charge in [0.1, 0.15) is 5.75 Å². The van der Waals surface area contributed by atoms with Gasteiger partial charge in [-0.05, 0) is 30.7 Å². The second-order valence-electron chi connectivity index (χ2n) is 4.01. The average Bonchev–Trinajstić information content (AvgIpc) is 2.42. The van der Waals surface area contributed by atoms with E-state index in [0.717, 1.165) is 17.4 Å². The molecule has 0 spiro atoms. The lowest BCUT2D eigenvalue weighted by Crippen LogP contribution is -1.99. The van der Waals surface area contributed by atoms with Crippen LogP contribution in [0.15, 0.2) is 42.5 Å². The van der Waals surface area contributed by atoms with Crippen LogP contribution in [0.2, 0.25) is 0 Å². The van der Waals surface area contributed by atoms with E-state index in [-0.39, 0.29) is 10.4 Å². The fraction of sp³-hybridized carbons (Fsp3) is 0.200. The molecule has 1 atom stereocenters. The quantitative estimate of drug-likeness (QED) is 0.730. The highest BCUT2D eigenvalue weighted by molar-refractivity contribution is 9.09. The number of benzene rings is 2. The second-order valence-corrected chi connectivity index (χ2v) is 4.92. The van der Waals surface area contributed by atoms with Crippen LogP contribution in [0.3, 0.4) is 0 Å².